The van der Waals surface area contributed by atoms with E-state index in [9.17, 15) is 18.0 Å². The maximum absolute atomic E-state index is 14.1. The number of nitrogens with zero attached hydrogens (tertiary/aromatic N) is 2. The van der Waals surface area contributed by atoms with Crippen LogP contribution in [0.3, 0.4) is 0 Å². The maximum atomic E-state index is 14.1. The minimum Gasteiger partial charge on any atom is -0.350 e. The van der Waals surface area contributed by atoms with E-state index < -0.39 is 34.1 Å². The topological polar surface area (TPSA) is 86.8 Å². The van der Waals surface area contributed by atoms with E-state index in [0.717, 1.165) is 39.2 Å². The average Bonchev–Trinajstić information content (AvgIpc) is 2.89. The molecule has 0 saturated heterocycles. The molecule has 0 aliphatic carbocycles. The van der Waals surface area contributed by atoms with Crippen molar-refractivity contribution in [3.05, 3.63) is 101 Å². The maximum Gasteiger partial charge on any atom is 0.244 e. The quantitative estimate of drug-likeness (QED) is 0.360. The van der Waals surface area contributed by atoms with E-state index in [-0.39, 0.29) is 18.9 Å². The highest BCUT2D eigenvalue weighted by Gasteiger charge is 2.34. The molecule has 0 aliphatic heterocycles. The Labute approximate surface area is 239 Å². The number of hydrogen-bond donors (Lipinski definition) is 1. The highest BCUT2D eigenvalue weighted by atomic mass is 32.2. The van der Waals surface area contributed by atoms with Crippen LogP contribution in [0.15, 0.2) is 78.9 Å². The second-order valence-corrected chi connectivity index (χ2v) is 13.1. The fourth-order valence-corrected chi connectivity index (χ4v) is 5.26. The Hall–Kier alpha value is -3.65. The lowest BCUT2D eigenvalue weighted by Crippen LogP contribution is -2.56. The van der Waals surface area contributed by atoms with Gasteiger partial charge < -0.3 is 10.2 Å². The molecule has 0 bridgehead atoms. The normalized spacial score (nSPS) is 12.4. The summed E-state index contributed by atoms with van der Waals surface area (Å²) in [4.78, 5) is 29.4. The summed E-state index contributed by atoms with van der Waals surface area (Å²) in [6.07, 6.45) is 2.18. The molecule has 0 aliphatic rings. The molecular formula is C32H41N3O4S. The first-order chi connectivity index (χ1) is 18.8. The van der Waals surface area contributed by atoms with E-state index in [1.54, 1.807) is 12.1 Å². The van der Waals surface area contributed by atoms with Gasteiger partial charge in [-0.05, 0) is 62.9 Å². The fraction of sp³-hybridized carbons (Fsp3) is 0.375. The molecule has 7 nitrogen and oxygen atoms in total. The highest BCUT2D eigenvalue weighted by molar-refractivity contribution is 7.92. The summed E-state index contributed by atoms with van der Waals surface area (Å²) in [7, 11) is -3.79. The predicted molar refractivity (Wildman–Crippen MR) is 162 cm³/mol. The number of benzene rings is 3. The summed E-state index contributed by atoms with van der Waals surface area (Å²) in [5.41, 5.74) is 3.76. The molecule has 214 valence electrons. The van der Waals surface area contributed by atoms with E-state index >= 15 is 0 Å². The summed E-state index contributed by atoms with van der Waals surface area (Å²) in [5.74, 6) is -0.759. The van der Waals surface area contributed by atoms with Gasteiger partial charge in [-0.25, -0.2) is 8.42 Å². The minimum atomic E-state index is -3.79. The van der Waals surface area contributed by atoms with Crippen LogP contribution in [-0.2, 0) is 39.0 Å². The van der Waals surface area contributed by atoms with E-state index in [0.29, 0.717) is 5.69 Å². The van der Waals surface area contributed by atoms with Gasteiger partial charge in [0.15, 0.2) is 0 Å². The smallest absolute Gasteiger partial charge is 0.244 e. The molecule has 8 heteroatoms. The van der Waals surface area contributed by atoms with Gasteiger partial charge in [-0.15, -0.1) is 0 Å². The molecule has 40 heavy (non-hydrogen) atoms. The van der Waals surface area contributed by atoms with Crippen LogP contribution in [0.5, 0.6) is 0 Å². The third-order valence-electron chi connectivity index (χ3n) is 6.55. The monoisotopic (exact) mass is 563 g/mol. The lowest BCUT2D eigenvalue weighted by atomic mass is 10.0. The molecule has 0 unspecified atom stereocenters. The molecule has 0 heterocycles. The Morgan fingerprint density at radius 2 is 1.43 bits per heavy atom. The summed E-state index contributed by atoms with van der Waals surface area (Å²) >= 11 is 0. The van der Waals surface area contributed by atoms with Crippen molar-refractivity contribution < 1.29 is 18.0 Å². The van der Waals surface area contributed by atoms with Gasteiger partial charge in [0.25, 0.3) is 0 Å². The van der Waals surface area contributed by atoms with Crippen molar-refractivity contribution >= 4 is 27.5 Å². The zero-order chi connectivity index (χ0) is 29.5. The Bertz CT molecular complexity index is 1380. The molecule has 1 N–H and O–H groups in total. The number of carbonyl (C=O) groups is 2. The number of sulfonamides is 1. The Kier molecular flexibility index (Phi) is 10.1. The molecule has 3 rings (SSSR count). The first-order valence-corrected chi connectivity index (χ1v) is 15.4. The second-order valence-electron chi connectivity index (χ2n) is 11.2. The largest absolute Gasteiger partial charge is 0.350 e. The predicted octanol–water partition coefficient (Wildman–Crippen LogP) is 4.88. The molecule has 3 aromatic carbocycles. The van der Waals surface area contributed by atoms with Crippen LogP contribution in [0.25, 0.3) is 0 Å². The first kappa shape index (κ1) is 30.9. The van der Waals surface area contributed by atoms with Crippen molar-refractivity contribution in [2.75, 3.05) is 17.1 Å². The molecule has 3 aromatic rings. The van der Waals surface area contributed by atoms with E-state index in [4.69, 9.17) is 0 Å². The van der Waals surface area contributed by atoms with Gasteiger partial charge in [0.2, 0.25) is 21.8 Å². The van der Waals surface area contributed by atoms with Crippen LogP contribution in [0, 0.1) is 6.92 Å². The van der Waals surface area contributed by atoms with Crippen LogP contribution >= 0.6 is 0 Å². The lowest BCUT2D eigenvalue weighted by Gasteiger charge is -2.35. The summed E-state index contributed by atoms with van der Waals surface area (Å²) in [6.45, 7) is 9.40. The van der Waals surface area contributed by atoms with Crippen molar-refractivity contribution in [1.82, 2.24) is 10.2 Å². The molecule has 1 atom stereocenters. The van der Waals surface area contributed by atoms with Crippen molar-refractivity contribution in [2.24, 2.45) is 0 Å². The van der Waals surface area contributed by atoms with Crippen LogP contribution in [0.2, 0.25) is 0 Å². The molecule has 0 aromatic heterocycles. The van der Waals surface area contributed by atoms with Crippen molar-refractivity contribution in [2.45, 2.75) is 65.6 Å². The van der Waals surface area contributed by atoms with Gasteiger partial charge in [0.05, 0.1) is 11.9 Å². The summed E-state index contributed by atoms with van der Waals surface area (Å²) in [5, 5.41) is 3.03. The Morgan fingerprint density at radius 1 is 0.850 bits per heavy atom. The van der Waals surface area contributed by atoms with Crippen LogP contribution < -0.4 is 9.62 Å². The third-order valence-corrected chi connectivity index (χ3v) is 7.70. The molecule has 0 fully saturated rings. The van der Waals surface area contributed by atoms with Gasteiger partial charge in [-0.2, -0.15) is 0 Å². The standard InChI is InChI=1S/C32H41N3O4S/c1-7-25-17-19-28(20-18-25)35(40(6,38)39)23-30(36)34(22-27-15-13-24(2)14-16-27)29(31(37)33-32(3,4)5)21-26-11-9-8-10-12-26/h8-20,29H,7,21-23H2,1-6H3,(H,33,37)/t29-/m0/s1. The number of carbonyl (C=O) groups excluding carboxylic acids is 2. The Morgan fingerprint density at radius 3 is 1.95 bits per heavy atom. The summed E-state index contributed by atoms with van der Waals surface area (Å²) in [6, 6.07) is 23.6. The van der Waals surface area contributed by atoms with Crippen molar-refractivity contribution in [3.8, 4) is 0 Å². The third kappa shape index (κ3) is 8.95. The summed E-state index contributed by atoms with van der Waals surface area (Å²) < 4.78 is 26.9. The zero-order valence-corrected chi connectivity index (χ0v) is 25.2. The number of hydrogen-bond acceptors (Lipinski definition) is 4. The van der Waals surface area contributed by atoms with E-state index in [1.165, 1.54) is 4.90 Å². The fourth-order valence-electron chi connectivity index (χ4n) is 4.41. The zero-order valence-electron chi connectivity index (χ0n) is 24.3. The van der Waals surface area contributed by atoms with E-state index in [2.05, 4.69) is 5.32 Å². The number of amides is 2. The molecular weight excluding hydrogens is 522 g/mol. The van der Waals surface area contributed by atoms with Gasteiger partial charge in [-0.3, -0.25) is 13.9 Å². The molecule has 0 saturated carbocycles. The first-order valence-electron chi connectivity index (χ1n) is 13.5. The van der Waals surface area contributed by atoms with Gasteiger partial charge >= 0.3 is 0 Å². The van der Waals surface area contributed by atoms with Crippen molar-refractivity contribution in [1.29, 1.82) is 0 Å². The number of aryl methyl sites for hydroxylation is 2. The number of anilines is 1. The molecule has 2 amide bonds. The SMILES string of the molecule is CCc1ccc(N(CC(=O)N(Cc2ccc(C)cc2)[C@@H](Cc2ccccc2)C(=O)NC(C)(C)C)S(C)(=O)=O)cc1. The Balaban J connectivity index is 2.05. The molecule has 0 spiro atoms. The van der Waals surface area contributed by atoms with Crippen LogP contribution in [0.4, 0.5) is 5.69 Å². The van der Waals surface area contributed by atoms with Gasteiger partial charge in [0, 0.05) is 18.5 Å². The average molecular weight is 564 g/mol. The number of nitrogens with one attached hydrogen (secondary N) is 1. The van der Waals surface area contributed by atoms with Gasteiger partial charge in [0.1, 0.15) is 12.6 Å². The van der Waals surface area contributed by atoms with Crippen LogP contribution in [0.1, 0.15) is 49.9 Å². The molecule has 0 radical (unpaired) electrons. The van der Waals surface area contributed by atoms with Gasteiger partial charge in [-0.1, -0.05) is 79.2 Å². The lowest BCUT2D eigenvalue weighted by molar-refractivity contribution is -0.140. The van der Waals surface area contributed by atoms with E-state index in [1.807, 2.05) is 101 Å². The van der Waals surface area contributed by atoms with Crippen LogP contribution in [-0.4, -0.2) is 49.5 Å². The number of rotatable bonds is 11. The minimum absolute atomic E-state index is 0.153. The van der Waals surface area contributed by atoms with Crippen molar-refractivity contribution in [3.63, 3.8) is 0 Å². The highest BCUT2D eigenvalue weighted by Crippen LogP contribution is 2.21. The second kappa shape index (κ2) is 13.1.